The summed E-state index contributed by atoms with van der Waals surface area (Å²) in [6, 6.07) is 10.5. The van der Waals surface area contributed by atoms with Gasteiger partial charge < -0.3 is 11.1 Å². The van der Waals surface area contributed by atoms with Crippen LogP contribution in [-0.4, -0.2) is 43.0 Å². The molecular weight excluding hydrogens is 262 g/mol. The molecule has 1 unspecified atom stereocenters. The molecule has 0 saturated carbocycles. The average molecular weight is 291 g/mol. The number of amides is 1. The zero-order valence-electron chi connectivity index (χ0n) is 13.5. The number of nitrogens with one attached hydrogen (secondary N) is 1. The molecule has 1 atom stereocenters. The third kappa shape index (κ3) is 7.25. The van der Waals surface area contributed by atoms with Crippen LogP contribution in [0.15, 0.2) is 30.3 Å². The van der Waals surface area contributed by atoms with Crippen molar-refractivity contribution in [2.45, 2.75) is 33.2 Å². The van der Waals surface area contributed by atoms with Crippen LogP contribution >= 0.6 is 0 Å². The van der Waals surface area contributed by atoms with Crippen LogP contribution in [0.5, 0.6) is 0 Å². The zero-order chi connectivity index (χ0) is 15.7. The molecule has 3 N–H and O–H groups in total. The molecule has 21 heavy (non-hydrogen) atoms. The Hall–Kier alpha value is -1.39. The second kappa shape index (κ2) is 9.53. The molecule has 1 rings (SSSR count). The van der Waals surface area contributed by atoms with Crippen LogP contribution in [0, 0.1) is 5.92 Å². The standard InChI is InChI=1S/C17H29N3O/c1-14(2)15(3)19-17(21)13-20(12-10-18)11-9-16-7-5-4-6-8-16/h4-8,14-15H,9-13,18H2,1-3H3,(H,19,21). The third-order valence-corrected chi connectivity index (χ3v) is 3.76. The monoisotopic (exact) mass is 291 g/mol. The molecule has 118 valence electrons. The fraction of sp³-hybridized carbons (Fsp3) is 0.588. The quantitative estimate of drug-likeness (QED) is 0.727. The first-order chi connectivity index (χ1) is 10.0. The van der Waals surface area contributed by atoms with Gasteiger partial charge in [-0.2, -0.15) is 0 Å². The van der Waals surface area contributed by atoms with Crippen molar-refractivity contribution in [2.75, 3.05) is 26.2 Å². The van der Waals surface area contributed by atoms with Crippen LogP contribution in [0.25, 0.3) is 0 Å². The lowest BCUT2D eigenvalue weighted by Gasteiger charge is -2.23. The van der Waals surface area contributed by atoms with E-state index in [0.29, 0.717) is 19.0 Å². The molecule has 0 aromatic heterocycles. The van der Waals surface area contributed by atoms with Gasteiger partial charge in [-0.1, -0.05) is 44.2 Å². The average Bonchev–Trinajstić information content (AvgIpc) is 2.46. The minimum Gasteiger partial charge on any atom is -0.352 e. The maximum Gasteiger partial charge on any atom is 0.234 e. The molecule has 0 spiro atoms. The number of hydrogen-bond acceptors (Lipinski definition) is 3. The summed E-state index contributed by atoms with van der Waals surface area (Å²) < 4.78 is 0. The van der Waals surface area contributed by atoms with E-state index in [-0.39, 0.29) is 11.9 Å². The van der Waals surface area contributed by atoms with Crippen LogP contribution in [-0.2, 0) is 11.2 Å². The Morgan fingerprint density at radius 3 is 2.43 bits per heavy atom. The number of rotatable bonds is 9. The van der Waals surface area contributed by atoms with Crippen molar-refractivity contribution in [1.29, 1.82) is 0 Å². The summed E-state index contributed by atoms with van der Waals surface area (Å²) in [4.78, 5) is 14.2. The number of nitrogens with zero attached hydrogens (tertiary/aromatic N) is 1. The highest BCUT2D eigenvalue weighted by atomic mass is 16.2. The van der Waals surface area contributed by atoms with Crippen molar-refractivity contribution >= 4 is 5.91 Å². The Bertz CT molecular complexity index is 406. The Balaban J connectivity index is 2.43. The minimum atomic E-state index is 0.0812. The van der Waals surface area contributed by atoms with Gasteiger partial charge in [0.25, 0.3) is 0 Å². The van der Waals surface area contributed by atoms with E-state index in [2.05, 4.69) is 36.2 Å². The summed E-state index contributed by atoms with van der Waals surface area (Å²) >= 11 is 0. The van der Waals surface area contributed by atoms with Crippen molar-refractivity contribution in [1.82, 2.24) is 10.2 Å². The van der Waals surface area contributed by atoms with Gasteiger partial charge in [0.2, 0.25) is 5.91 Å². The minimum absolute atomic E-state index is 0.0812. The smallest absolute Gasteiger partial charge is 0.234 e. The second-order valence-electron chi connectivity index (χ2n) is 5.90. The van der Waals surface area contributed by atoms with E-state index in [0.717, 1.165) is 19.5 Å². The molecule has 0 saturated heterocycles. The lowest BCUT2D eigenvalue weighted by molar-refractivity contribution is -0.123. The van der Waals surface area contributed by atoms with E-state index in [1.165, 1.54) is 5.56 Å². The Kier molecular flexibility index (Phi) is 8.01. The van der Waals surface area contributed by atoms with Crippen LogP contribution in [0.4, 0.5) is 0 Å². The highest BCUT2D eigenvalue weighted by Crippen LogP contribution is 2.02. The number of carbonyl (C=O) groups excluding carboxylic acids is 1. The van der Waals surface area contributed by atoms with Crippen molar-refractivity contribution in [2.24, 2.45) is 11.7 Å². The van der Waals surface area contributed by atoms with Gasteiger partial charge in [-0.15, -0.1) is 0 Å². The van der Waals surface area contributed by atoms with Crippen LogP contribution < -0.4 is 11.1 Å². The fourth-order valence-electron chi connectivity index (χ4n) is 2.05. The van der Waals surface area contributed by atoms with Crippen LogP contribution in [0.3, 0.4) is 0 Å². The Morgan fingerprint density at radius 1 is 1.19 bits per heavy atom. The summed E-state index contributed by atoms with van der Waals surface area (Å²) in [6.45, 7) is 8.85. The molecule has 4 nitrogen and oxygen atoms in total. The zero-order valence-corrected chi connectivity index (χ0v) is 13.5. The van der Waals surface area contributed by atoms with Crippen LogP contribution in [0.1, 0.15) is 26.3 Å². The molecule has 1 aromatic carbocycles. The number of hydrogen-bond donors (Lipinski definition) is 2. The SMILES string of the molecule is CC(C)C(C)NC(=O)CN(CCN)CCc1ccccc1. The van der Waals surface area contributed by atoms with Gasteiger partial charge >= 0.3 is 0 Å². The second-order valence-corrected chi connectivity index (χ2v) is 5.90. The summed E-state index contributed by atoms with van der Waals surface area (Å²) in [5.41, 5.74) is 6.94. The Morgan fingerprint density at radius 2 is 1.86 bits per heavy atom. The van der Waals surface area contributed by atoms with Gasteiger partial charge in [0.1, 0.15) is 0 Å². The van der Waals surface area contributed by atoms with Gasteiger partial charge in [0.05, 0.1) is 6.54 Å². The third-order valence-electron chi connectivity index (χ3n) is 3.76. The van der Waals surface area contributed by atoms with E-state index in [1.807, 2.05) is 25.1 Å². The van der Waals surface area contributed by atoms with Gasteiger partial charge in [0, 0.05) is 25.7 Å². The van der Waals surface area contributed by atoms with Crippen molar-refractivity contribution in [3.05, 3.63) is 35.9 Å². The molecule has 0 aliphatic rings. The number of nitrogens with two attached hydrogens (primary N) is 1. The number of benzene rings is 1. The molecule has 4 heteroatoms. The van der Waals surface area contributed by atoms with Gasteiger partial charge in [0.15, 0.2) is 0 Å². The lowest BCUT2D eigenvalue weighted by Crippen LogP contribution is -2.44. The predicted molar refractivity (Wildman–Crippen MR) is 88.1 cm³/mol. The van der Waals surface area contributed by atoms with E-state index < -0.39 is 0 Å². The highest BCUT2D eigenvalue weighted by molar-refractivity contribution is 5.78. The molecule has 0 aliphatic heterocycles. The van der Waals surface area contributed by atoms with E-state index >= 15 is 0 Å². The van der Waals surface area contributed by atoms with Crippen molar-refractivity contribution in [3.8, 4) is 0 Å². The first kappa shape index (κ1) is 17.7. The van der Waals surface area contributed by atoms with Crippen molar-refractivity contribution in [3.63, 3.8) is 0 Å². The van der Waals surface area contributed by atoms with Crippen LogP contribution in [0.2, 0.25) is 0 Å². The van der Waals surface area contributed by atoms with E-state index in [4.69, 9.17) is 5.73 Å². The van der Waals surface area contributed by atoms with E-state index in [1.54, 1.807) is 0 Å². The van der Waals surface area contributed by atoms with Gasteiger partial charge in [-0.05, 0) is 24.8 Å². The molecule has 0 bridgehead atoms. The van der Waals surface area contributed by atoms with Crippen molar-refractivity contribution < 1.29 is 4.79 Å². The molecule has 0 heterocycles. The maximum absolute atomic E-state index is 12.1. The fourth-order valence-corrected chi connectivity index (χ4v) is 2.05. The summed E-state index contributed by atoms with van der Waals surface area (Å²) in [6.07, 6.45) is 0.938. The predicted octanol–water partition coefficient (Wildman–Crippen LogP) is 1.65. The molecular formula is C17H29N3O. The normalized spacial score (nSPS) is 12.7. The molecule has 1 aromatic rings. The lowest BCUT2D eigenvalue weighted by atomic mass is 10.1. The molecule has 1 amide bonds. The van der Waals surface area contributed by atoms with Gasteiger partial charge in [-0.3, -0.25) is 9.69 Å². The molecule has 0 radical (unpaired) electrons. The summed E-state index contributed by atoms with van der Waals surface area (Å²) in [5.74, 6) is 0.527. The topological polar surface area (TPSA) is 58.4 Å². The molecule has 0 aliphatic carbocycles. The largest absolute Gasteiger partial charge is 0.352 e. The summed E-state index contributed by atoms with van der Waals surface area (Å²) in [5, 5.41) is 3.04. The first-order valence-electron chi connectivity index (χ1n) is 7.78. The van der Waals surface area contributed by atoms with E-state index in [9.17, 15) is 4.79 Å². The first-order valence-corrected chi connectivity index (χ1v) is 7.78. The number of carbonyl (C=O) groups is 1. The summed E-state index contributed by atoms with van der Waals surface area (Å²) in [7, 11) is 0. The maximum atomic E-state index is 12.1. The Labute approximate surface area is 128 Å². The highest BCUT2D eigenvalue weighted by Gasteiger charge is 2.14. The van der Waals surface area contributed by atoms with Gasteiger partial charge in [-0.25, -0.2) is 0 Å². The molecule has 0 fully saturated rings.